The predicted octanol–water partition coefficient (Wildman–Crippen LogP) is 1.35. The largest absolute Gasteiger partial charge is 0.466 e. The molecule has 0 saturated heterocycles. The summed E-state index contributed by atoms with van der Waals surface area (Å²) in [5, 5.41) is 0. The van der Waals surface area contributed by atoms with Crippen molar-refractivity contribution in [2.24, 2.45) is 11.1 Å². The average molecular weight is 261 g/mol. The monoisotopic (exact) mass is 261 g/mol. The van der Waals surface area contributed by atoms with Crippen LogP contribution in [0.5, 0.6) is 0 Å². The van der Waals surface area contributed by atoms with E-state index < -0.39 is 5.41 Å². The van der Waals surface area contributed by atoms with E-state index in [9.17, 15) is 4.79 Å². The van der Waals surface area contributed by atoms with Gasteiger partial charge in [-0.3, -0.25) is 4.79 Å². The molecule has 5 nitrogen and oxygen atoms in total. The second kappa shape index (κ2) is 10.3. The number of carbonyl (C=O) groups excluding carboxylic acids is 1. The quantitative estimate of drug-likeness (QED) is 0.449. The summed E-state index contributed by atoms with van der Waals surface area (Å²) in [6.45, 7) is 6.28. The molecule has 0 aliphatic carbocycles. The van der Waals surface area contributed by atoms with E-state index in [1.54, 1.807) is 14.0 Å². The summed E-state index contributed by atoms with van der Waals surface area (Å²) in [5.74, 6) is -0.213. The molecule has 1 unspecified atom stereocenters. The van der Waals surface area contributed by atoms with E-state index in [0.29, 0.717) is 45.8 Å². The maximum atomic E-state index is 11.9. The van der Waals surface area contributed by atoms with Crippen LogP contribution in [-0.4, -0.2) is 46.1 Å². The highest BCUT2D eigenvalue weighted by molar-refractivity contribution is 5.77. The Balaban J connectivity index is 4.06. The molecule has 0 aromatic carbocycles. The van der Waals surface area contributed by atoms with Gasteiger partial charge in [-0.05, 0) is 26.2 Å². The molecule has 0 aromatic rings. The van der Waals surface area contributed by atoms with Crippen molar-refractivity contribution in [3.63, 3.8) is 0 Å². The standard InChI is InChI=1S/C13H27NO4/c1-4-13(11-14,12(15)18-5-2)7-10-17-9-6-8-16-3/h4-11,14H2,1-3H3. The van der Waals surface area contributed by atoms with Crippen LogP contribution in [0.25, 0.3) is 0 Å². The van der Waals surface area contributed by atoms with Gasteiger partial charge in [0.2, 0.25) is 0 Å². The molecule has 0 spiro atoms. The minimum absolute atomic E-state index is 0.213. The van der Waals surface area contributed by atoms with Crippen LogP contribution in [0.2, 0.25) is 0 Å². The van der Waals surface area contributed by atoms with Crippen LogP contribution in [0.4, 0.5) is 0 Å². The van der Waals surface area contributed by atoms with Gasteiger partial charge in [-0.25, -0.2) is 0 Å². The number of hydrogen-bond acceptors (Lipinski definition) is 5. The highest BCUT2D eigenvalue weighted by atomic mass is 16.5. The smallest absolute Gasteiger partial charge is 0.313 e. The van der Waals surface area contributed by atoms with E-state index in [-0.39, 0.29) is 5.97 Å². The van der Waals surface area contributed by atoms with Crippen LogP contribution in [0.3, 0.4) is 0 Å². The van der Waals surface area contributed by atoms with E-state index >= 15 is 0 Å². The Bertz CT molecular complexity index is 217. The van der Waals surface area contributed by atoms with Gasteiger partial charge in [0.15, 0.2) is 0 Å². The first-order valence-corrected chi connectivity index (χ1v) is 6.60. The van der Waals surface area contributed by atoms with Gasteiger partial charge in [-0.15, -0.1) is 0 Å². The van der Waals surface area contributed by atoms with Gasteiger partial charge in [0.05, 0.1) is 12.0 Å². The van der Waals surface area contributed by atoms with Gasteiger partial charge in [-0.2, -0.15) is 0 Å². The molecule has 0 rings (SSSR count). The van der Waals surface area contributed by atoms with Gasteiger partial charge in [0, 0.05) is 33.5 Å². The third-order valence-corrected chi connectivity index (χ3v) is 3.14. The summed E-state index contributed by atoms with van der Waals surface area (Å²) in [6.07, 6.45) is 2.13. The van der Waals surface area contributed by atoms with Crippen molar-refractivity contribution in [3.05, 3.63) is 0 Å². The number of hydrogen-bond donors (Lipinski definition) is 1. The van der Waals surface area contributed by atoms with Crippen LogP contribution >= 0.6 is 0 Å². The zero-order valence-corrected chi connectivity index (χ0v) is 11.9. The van der Waals surface area contributed by atoms with Crippen molar-refractivity contribution < 1.29 is 19.0 Å². The Labute approximate surface area is 110 Å². The second-order valence-electron chi connectivity index (χ2n) is 4.27. The van der Waals surface area contributed by atoms with E-state index in [2.05, 4.69) is 0 Å². The van der Waals surface area contributed by atoms with Crippen molar-refractivity contribution in [1.82, 2.24) is 0 Å². The van der Waals surface area contributed by atoms with Crippen LogP contribution < -0.4 is 5.73 Å². The lowest BCUT2D eigenvalue weighted by Gasteiger charge is -2.28. The highest BCUT2D eigenvalue weighted by Crippen LogP contribution is 2.27. The zero-order chi connectivity index (χ0) is 13.9. The summed E-state index contributed by atoms with van der Waals surface area (Å²) in [7, 11) is 1.66. The molecule has 0 aromatic heterocycles. The molecule has 5 heteroatoms. The molecule has 108 valence electrons. The van der Waals surface area contributed by atoms with Gasteiger partial charge >= 0.3 is 5.97 Å². The van der Waals surface area contributed by atoms with Gasteiger partial charge in [0.1, 0.15) is 0 Å². The molecular weight excluding hydrogens is 234 g/mol. The van der Waals surface area contributed by atoms with Crippen molar-refractivity contribution in [3.8, 4) is 0 Å². The van der Waals surface area contributed by atoms with Gasteiger partial charge < -0.3 is 19.9 Å². The maximum Gasteiger partial charge on any atom is 0.313 e. The predicted molar refractivity (Wildman–Crippen MR) is 70.3 cm³/mol. The Morgan fingerprint density at radius 1 is 1.22 bits per heavy atom. The molecule has 18 heavy (non-hydrogen) atoms. The van der Waals surface area contributed by atoms with E-state index in [1.807, 2.05) is 6.92 Å². The first-order valence-electron chi connectivity index (χ1n) is 6.60. The molecule has 1 atom stereocenters. The third-order valence-electron chi connectivity index (χ3n) is 3.14. The summed E-state index contributed by atoms with van der Waals surface area (Å²) in [6, 6.07) is 0. The lowest BCUT2D eigenvalue weighted by molar-refractivity contribution is -0.156. The molecule has 0 fully saturated rings. The summed E-state index contributed by atoms with van der Waals surface area (Å²) >= 11 is 0. The molecular formula is C13H27NO4. The minimum Gasteiger partial charge on any atom is -0.466 e. The Kier molecular flexibility index (Phi) is 9.92. The van der Waals surface area contributed by atoms with E-state index in [4.69, 9.17) is 19.9 Å². The topological polar surface area (TPSA) is 70.8 Å². The Hall–Kier alpha value is -0.650. The lowest BCUT2D eigenvalue weighted by atomic mass is 9.82. The van der Waals surface area contributed by atoms with E-state index in [0.717, 1.165) is 6.42 Å². The molecule has 0 radical (unpaired) electrons. The number of methoxy groups -OCH3 is 1. The summed E-state index contributed by atoms with van der Waals surface area (Å²) in [5.41, 5.74) is 5.14. The second-order valence-corrected chi connectivity index (χ2v) is 4.27. The first kappa shape index (κ1) is 17.4. The van der Waals surface area contributed by atoms with Crippen molar-refractivity contribution >= 4 is 5.97 Å². The number of rotatable bonds is 11. The average Bonchev–Trinajstić information content (AvgIpc) is 2.39. The van der Waals surface area contributed by atoms with Gasteiger partial charge in [0.25, 0.3) is 0 Å². The van der Waals surface area contributed by atoms with Crippen molar-refractivity contribution in [2.75, 3.05) is 40.1 Å². The third kappa shape index (κ3) is 5.80. The maximum absolute atomic E-state index is 11.9. The molecule has 2 N–H and O–H groups in total. The number of carbonyl (C=O) groups is 1. The molecule has 0 heterocycles. The van der Waals surface area contributed by atoms with Crippen molar-refractivity contribution in [1.29, 1.82) is 0 Å². The fourth-order valence-electron chi connectivity index (χ4n) is 1.71. The number of esters is 1. The Morgan fingerprint density at radius 3 is 2.44 bits per heavy atom. The Morgan fingerprint density at radius 2 is 1.94 bits per heavy atom. The molecule has 0 aliphatic rings. The summed E-state index contributed by atoms with van der Waals surface area (Å²) < 4.78 is 15.5. The lowest BCUT2D eigenvalue weighted by Crippen LogP contribution is -2.40. The van der Waals surface area contributed by atoms with Crippen LogP contribution in [0, 0.1) is 5.41 Å². The van der Waals surface area contributed by atoms with Crippen LogP contribution in [-0.2, 0) is 19.0 Å². The normalized spacial score (nSPS) is 14.2. The fourth-order valence-corrected chi connectivity index (χ4v) is 1.71. The van der Waals surface area contributed by atoms with Gasteiger partial charge in [-0.1, -0.05) is 6.92 Å². The SMILES string of the molecule is CCOC(=O)C(CC)(CN)CCOCCCOC. The number of nitrogens with two attached hydrogens (primary N) is 1. The highest BCUT2D eigenvalue weighted by Gasteiger charge is 2.36. The summed E-state index contributed by atoms with van der Waals surface area (Å²) in [4.78, 5) is 11.9. The van der Waals surface area contributed by atoms with Crippen LogP contribution in [0.15, 0.2) is 0 Å². The molecule has 0 amide bonds. The number of ether oxygens (including phenoxy) is 3. The van der Waals surface area contributed by atoms with Crippen molar-refractivity contribution in [2.45, 2.75) is 33.1 Å². The fraction of sp³-hybridized carbons (Fsp3) is 0.923. The molecule has 0 aliphatic heterocycles. The molecule has 0 bridgehead atoms. The van der Waals surface area contributed by atoms with Crippen LogP contribution in [0.1, 0.15) is 33.1 Å². The van der Waals surface area contributed by atoms with E-state index in [1.165, 1.54) is 0 Å². The zero-order valence-electron chi connectivity index (χ0n) is 11.9. The minimum atomic E-state index is -0.600. The first-order chi connectivity index (χ1) is 8.66. The molecule has 0 saturated carbocycles.